The van der Waals surface area contributed by atoms with Crippen molar-refractivity contribution in [3.05, 3.63) is 0 Å². The number of nitrogens with one attached hydrogen (secondary N) is 1. The molecule has 0 aromatic carbocycles. The summed E-state index contributed by atoms with van der Waals surface area (Å²) >= 11 is 0. The van der Waals surface area contributed by atoms with Crippen LogP contribution in [-0.2, 0) is 0 Å². The summed E-state index contributed by atoms with van der Waals surface area (Å²) in [6.07, 6.45) is 7.03. The highest BCUT2D eigenvalue weighted by Crippen LogP contribution is 2.27. The van der Waals surface area contributed by atoms with E-state index in [1.807, 2.05) is 0 Å². The molecule has 0 bridgehead atoms. The van der Waals surface area contributed by atoms with Gasteiger partial charge in [-0.05, 0) is 32.6 Å². The Morgan fingerprint density at radius 1 is 1.27 bits per heavy atom. The summed E-state index contributed by atoms with van der Waals surface area (Å²) in [7, 11) is 0. The SMILES string of the molecule is CCC(C)(CC)NC1CCCCC1C#N. The molecule has 15 heavy (non-hydrogen) atoms. The van der Waals surface area contributed by atoms with Crippen LogP contribution < -0.4 is 5.32 Å². The first-order valence-corrected chi connectivity index (χ1v) is 6.32. The molecule has 0 heterocycles. The fraction of sp³-hybridized carbons (Fsp3) is 0.923. The van der Waals surface area contributed by atoms with Gasteiger partial charge in [0.1, 0.15) is 0 Å². The zero-order valence-electron chi connectivity index (χ0n) is 10.3. The highest BCUT2D eigenvalue weighted by Gasteiger charge is 2.30. The maximum Gasteiger partial charge on any atom is 0.0672 e. The highest BCUT2D eigenvalue weighted by atomic mass is 15.0. The van der Waals surface area contributed by atoms with Crippen molar-refractivity contribution in [3.63, 3.8) is 0 Å². The molecule has 0 aromatic heterocycles. The normalized spacial score (nSPS) is 27.3. The number of nitriles is 1. The fourth-order valence-corrected chi connectivity index (χ4v) is 2.36. The van der Waals surface area contributed by atoms with Gasteiger partial charge in [0.05, 0.1) is 12.0 Å². The van der Waals surface area contributed by atoms with Gasteiger partial charge in [-0.2, -0.15) is 5.26 Å². The van der Waals surface area contributed by atoms with E-state index in [1.165, 1.54) is 19.3 Å². The zero-order chi connectivity index (χ0) is 11.3. The van der Waals surface area contributed by atoms with Gasteiger partial charge in [0.25, 0.3) is 0 Å². The van der Waals surface area contributed by atoms with Crippen LogP contribution in [0.5, 0.6) is 0 Å². The van der Waals surface area contributed by atoms with Gasteiger partial charge < -0.3 is 5.32 Å². The lowest BCUT2D eigenvalue weighted by Crippen LogP contribution is -2.51. The Labute approximate surface area is 94.1 Å². The highest BCUT2D eigenvalue weighted by molar-refractivity contribution is 4.97. The quantitative estimate of drug-likeness (QED) is 0.770. The van der Waals surface area contributed by atoms with Crippen LogP contribution in [0.2, 0.25) is 0 Å². The molecule has 1 aliphatic carbocycles. The topological polar surface area (TPSA) is 35.8 Å². The minimum Gasteiger partial charge on any atom is -0.307 e. The Hall–Kier alpha value is -0.550. The lowest BCUT2D eigenvalue weighted by molar-refractivity contribution is 0.220. The molecular weight excluding hydrogens is 184 g/mol. The Kier molecular flexibility index (Phi) is 4.60. The van der Waals surface area contributed by atoms with E-state index < -0.39 is 0 Å². The molecule has 1 saturated carbocycles. The largest absolute Gasteiger partial charge is 0.307 e. The van der Waals surface area contributed by atoms with Crippen molar-refractivity contribution in [1.29, 1.82) is 5.26 Å². The second-order valence-electron chi connectivity index (χ2n) is 5.04. The van der Waals surface area contributed by atoms with Crippen molar-refractivity contribution in [2.24, 2.45) is 5.92 Å². The predicted molar refractivity (Wildman–Crippen MR) is 63.5 cm³/mol. The molecule has 1 fully saturated rings. The molecule has 0 spiro atoms. The van der Waals surface area contributed by atoms with Crippen molar-refractivity contribution < 1.29 is 0 Å². The first kappa shape index (κ1) is 12.5. The molecule has 2 atom stereocenters. The summed E-state index contributed by atoms with van der Waals surface area (Å²) in [6, 6.07) is 2.89. The van der Waals surface area contributed by atoms with Gasteiger partial charge in [-0.3, -0.25) is 0 Å². The maximum atomic E-state index is 9.11. The molecule has 1 rings (SSSR count). The van der Waals surface area contributed by atoms with Crippen molar-refractivity contribution in [2.45, 2.75) is 70.9 Å². The third-order valence-electron chi connectivity index (χ3n) is 4.03. The van der Waals surface area contributed by atoms with Crippen LogP contribution in [0.1, 0.15) is 59.3 Å². The maximum absolute atomic E-state index is 9.11. The molecule has 1 N–H and O–H groups in total. The Bertz CT molecular complexity index is 225. The fourth-order valence-electron chi connectivity index (χ4n) is 2.36. The van der Waals surface area contributed by atoms with E-state index in [9.17, 15) is 0 Å². The van der Waals surface area contributed by atoms with Gasteiger partial charge in [0.15, 0.2) is 0 Å². The number of hydrogen-bond donors (Lipinski definition) is 1. The van der Waals surface area contributed by atoms with E-state index in [-0.39, 0.29) is 11.5 Å². The van der Waals surface area contributed by atoms with Crippen molar-refractivity contribution >= 4 is 0 Å². The van der Waals surface area contributed by atoms with Crippen LogP contribution in [0.25, 0.3) is 0 Å². The average Bonchev–Trinajstić information content (AvgIpc) is 2.29. The summed E-state index contributed by atoms with van der Waals surface area (Å²) < 4.78 is 0. The predicted octanol–water partition coefficient (Wildman–Crippen LogP) is 3.24. The summed E-state index contributed by atoms with van der Waals surface area (Å²) in [5, 5.41) is 12.8. The summed E-state index contributed by atoms with van der Waals surface area (Å²) in [5.41, 5.74) is 0.219. The van der Waals surface area contributed by atoms with Crippen LogP contribution in [-0.4, -0.2) is 11.6 Å². The smallest absolute Gasteiger partial charge is 0.0672 e. The average molecular weight is 208 g/mol. The van der Waals surface area contributed by atoms with E-state index >= 15 is 0 Å². The van der Waals surface area contributed by atoms with Crippen LogP contribution >= 0.6 is 0 Å². The molecular formula is C13H24N2. The number of hydrogen-bond acceptors (Lipinski definition) is 2. The molecule has 2 nitrogen and oxygen atoms in total. The van der Waals surface area contributed by atoms with Gasteiger partial charge in [-0.25, -0.2) is 0 Å². The first-order valence-electron chi connectivity index (χ1n) is 6.32. The molecule has 0 aliphatic heterocycles. The third-order valence-corrected chi connectivity index (χ3v) is 4.03. The van der Waals surface area contributed by atoms with Crippen LogP contribution in [0.4, 0.5) is 0 Å². The van der Waals surface area contributed by atoms with Gasteiger partial charge in [-0.15, -0.1) is 0 Å². The second kappa shape index (κ2) is 5.51. The molecule has 0 radical (unpaired) electrons. The number of rotatable bonds is 4. The molecule has 0 aromatic rings. The molecule has 0 saturated heterocycles. The van der Waals surface area contributed by atoms with E-state index in [0.717, 1.165) is 19.3 Å². The summed E-state index contributed by atoms with van der Waals surface area (Å²) in [5.74, 6) is 0.233. The third kappa shape index (κ3) is 3.21. The molecule has 2 unspecified atom stereocenters. The Morgan fingerprint density at radius 3 is 2.40 bits per heavy atom. The molecule has 86 valence electrons. The van der Waals surface area contributed by atoms with Crippen molar-refractivity contribution in [1.82, 2.24) is 5.32 Å². The standard InChI is InChI=1S/C13H24N2/c1-4-13(3,5-2)15-12-9-7-6-8-11(12)10-14/h11-12,15H,4-9H2,1-3H3. The molecule has 1 aliphatic rings. The summed E-state index contributed by atoms with van der Waals surface area (Å²) in [6.45, 7) is 6.72. The van der Waals surface area contributed by atoms with Gasteiger partial charge in [0, 0.05) is 11.6 Å². The van der Waals surface area contributed by atoms with Gasteiger partial charge in [-0.1, -0.05) is 26.7 Å². The minimum atomic E-state index is 0.219. The van der Waals surface area contributed by atoms with Gasteiger partial charge >= 0.3 is 0 Å². The second-order valence-corrected chi connectivity index (χ2v) is 5.04. The Morgan fingerprint density at radius 2 is 1.87 bits per heavy atom. The van der Waals surface area contributed by atoms with E-state index in [2.05, 4.69) is 32.2 Å². The van der Waals surface area contributed by atoms with Gasteiger partial charge in [0.2, 0.25) is 0 Å². The monoisotopic (exact) mass is 208 g/mol. The number of nitrogens with zero attached hydrogens (tertiary/aromatic N) is 1. The lowest BCUT2D eigenvalue weighted by atomic mass is 9.83. The van der Waals surface area contributed by atoms with Crippen LogP contribution in [0.15, 0.2) is 0 Å². The summed E-state index contributed by atoms with van der Waals surface area (Å²) in [4.78, 5) is 0. The zero-order valence-corrected chi connectivity index (χ0v) is 10.3. The lowest BCUT2D eigenvalue weighted by Gasteiger charge is -2.37. The van der Waals surface area contributed by atoms with Crippen molar-refractivity contribution in [3.8, 4) is 6.07 Å². The van der Waals surface area contributed by atoms with Crippen LogP contribution in [0.3, 0.4) is 0 Å². The van der Waals surface area contributed by atoms with Crippen molar-refractivity contribution in [2.75, 3.05) is 0 Å². The van der Waals surface area contributed by atoms with E-state index in [0.29, 0.717) is 6.04 Å². The first-order chi connectivity index (χ1) is 7.15. The molecule has 0 amide bonds. The van der Waals surface area contributed by atoms with Crippen LogP contribution in [0, 0.1) is 17.2 Å². The van der Waals surface area contributed by atoms with E-state index in [1.54, 1.807) is 0 Å². The Balaban J connectivity index is 2.58. The molecule has 2 heteroatoms. The minimum absolute atomic E-state index is 0.219. The van der Waals surface area contributed by atoms with E-state index in [4.69, 9.17) is 5.26 Å².